The van der Waals surface area contributed by atoms with Gasteiger partial charge in [0.05, 0.1) is 17.3 Å². The lowest BCUT2D eigenvalue weighted by molar-refractivity contribution is 0.135. The number of ether oxygens (including phenoxy) is 2. The Labute approximate surface area is 166 Å². The van der Waals surface area contributed by atoms with Crippen LogP contribution in [0.5, 0.6) is 10.9 Å². The monoisotopic (exact) mass is 422 g/mol. The van der Waals surface area contributed by atoms with E-state index in [0.717, 1.165) is 16.3 Å². The third kappa shape index (κ3) is 3.69. The van der Waals surface area contributed by atoms with E-state index in [1.165, 1.54) is 34.9 Å². The first-order valence-corrected chi connectivity index (χ1v) is 11.1. The summed E-state index contributed by atoms with van der Waals surface area (Å²) >= 11 is 1.48. The molecule has 1 aliphatic heterocycles. The van der Waals surface area contributed by atoms with E-state index >= 15 is 0 Å². The van der Waals surface area contributed by atoms with E-state index in [-0.39, 0.29) is 29.8 Å². The zero-order chi connectivity index (χ0) is 19.7. The third-order valence-corrected chi connectivity index (χ3v) is 7.53. The van der Waals surface area contributed by atoms with Gasteiger partial charge in [-0.3, -0.25) is 0 Å². The highest BCUT2D eigenvalue weighted by Crippen LogP contribution is 2.32. The summed E-state index contributed by atoms with van der Waals surface area (Å²) in [4.78, 5) is 4.31. The highest BCUT2D eigenvalue weighted by atomic mass is 32.2. The molecular weight excluding hydrogens is 403 g/mol. The molecule has 9 heteroatoms. The maximum Gasteiger partial charge on any atom is 0.274 e. The third-order valence-electron chi connectivity index (χ3n) is 4.69. The number of thiazole rings is 1. The maximum atomic E-state index is 13.6. The van der Waals surface area contributed by atoms with E-state index in [1.54, 1.807) is 0 Å². The van der Waals surface area contributed by atoms with Gasteiger partial charge in [-0.15, -0.1) is 0 Å². The minimum Gasteiger partial charge on any atom is -0.495 e. The summed E-state index contributed by atoms with van der Waals surface area (Å²) < 4.78 is 52.9. The molecule has 4 rings (SSSR count). The van der Waals surface area contributed by atoms with E-state index < -0.39 is 15.8 Å². The molecule has 0 N–H and O–H groups in total. The van der Waals surface area contributed by atoms with E-state index in [2.05, 4.69) is 4.98 Å². The Hall–Kier alpha value is -2.23. The van der Waals surface area contributed by atoms with Crippen LogP contribution in [0.15, 0.2) is 47.4 Å². The van der Waals surface area contributed by atoms with Gasteiger partial charge in [0.25, 0.3) is 5.19 Å². The molecule has 148 valence electrons. The van der Waals surface area contributed by atoms with Crippen LogP contribution in [0.1, 0.15) is 12.8 Å². The number of benzene rings is 2. The van der Waals surface area contributed by atoms with Crippen LogP contribution in [0.4, 0.5) is 4.39 Å². The summed E-state index contributed by atoms with van der Waals surface area (Å²) in [6.07, 6.45) is 0.959. The van der Waals surface area contributed by atoms with Gasteiger partial charge >= 0.3 is 0 Å². The zero-order valence-corrected chi connectivity index (χ0v) is 16.8. The molecule has 0 spiro atoms. The second-order valence-electron chi connectivity index (χ2n) is 6.46. The molecule has 1 aliphatic rings. The topological polar surface area (TPSA) is 68.7 Å². The van der Waals surface area contributed by atoms with Crippen molar-refractivity contribution in [2.24, 2.45) is 0 Å². The Balaban J connectivity index is 1.45. The molecule has 2 heterocycles. The van der Waals surface area contributed by atoms with Gasteiger partial charge in [-0.25, -0.2) is 17.8 Å². The first kappa shape index (κ1) is 19.1. The Kier molecular flexibility index (Phi) is 5.22. The second-order valence-corrected chi connectivity index (χ2v) is 9.36. The van der Waals surface area contributed by atoms with Crippen molar-refractivity contribution in [2.45, 2.75) is 23.8 Å². The molecule has 0 radical (unpaired) electrons. The number of methoxy groups -OCH3 is 1. The zero-order valence-electron chi connectivity index (χ0n) is 15.2. The molecule has 28 heavy (non-hydrogen) atoms. The predicted octanol–water partition coefficient (Wildman–Crippen LogP) is 3.68. The lowest BCUT2D eigenvalue weighted by atomic mass is 10.1. The molecule has 6 nitrogen and oxygen atoms in total. The molecule has 0 atom stereocenters. The van der Waals surface area contributed by atoms with Crippen molar-refractivity contribution in [1.82, 2.24) is 9.29 Å². The summed E-state index contributed by atoms with van der Waals surface area (Å²) in [5.74, 6) is -0.484. The van der Waals surface area contributed by atoms with E-state index in [0.29, 0.717) is 18.0 Å². The molecule has 0 bridgehead atoms. The van der Waals surface area contributed by atoms with Crippen molar-refractivity contribution in [2.75, 3.05) is 20.2 Å². The number of nitrogens with zero attached hydrogens (tertiary/aromatic N) is 2. The number of hydrogen-bond acceptors (Lipinski definition) is 6. The van der Waals surface area contributed by atoms with Gasteiger partial charge in [0.1, 0.15) is 22.6 Å². The second kappa shape index (κ2) is 7.65. The van der Waals surface area contributed by atoms with Crippen LogP contribution < -0.4 is 9.47 Å². The number of rotatable bonds is 5. The van der Waals surface area contributed by atoms with Gasteiger partial charge in [0, 0.05) is 13.1 Å². The maximum absolute atomic E-state index is 13.6. The number of halogens is 1. The van der Waals surface area contributed by atoms with Crippen molar-refractivity contribution < 1.29 is 22.3 Å². The molecule has 3 aromatic rings. The molecular formula is C19H19FN2O4S2. The molecule has 1 fully saturated rings. The highest BCUT2D eigenvalue weighted by Gasteiger charge is 2.32. The van der Waals surface area contributed by atoms with Crippen LogP contribution >= 0.6 is 11.3 Å². The fourth-order valence-corrected chi connectivity index (χ4v) is 5.74. The fourth-order valence-electron chi connectivity index (χ4n) is 3.23. The number of fused-ring (bicyclic) bond motifs is 1. The molecule has 0 unspecified atom stereocenters. The van der Waals surface area contributed by atoms with Crippen LogP contribution in [-0.2, 0) is 10.0 Å². The largest absolute Gasteiger partial charge is 0.495 e. The van der Waals surface area contributed by atoms with Crippen LogP contribution in [-0.4, -0.2) is 44.0 Å². The quantitative estimate of drug-likeness (QED) is 0.628. The lowest BCUT2D eigenvalue weighted by Crippen LogP contribution is -2.41. The van der Waals surface area contributed by atoms with Gasteiger partial charge in [-0.05, 0) is 43.2 Å². The Morgan fingerprint density at radius 1 is 1.18 bits per heavy atom. The Morgan fingerprint density at radius 2 is 1.93 bits per heavy atom. The summed E-state index contributed by atoms with van der Waals surface area (Å²) in [5, 5.41) is 0.592. The standard InChI is InChI=1S/C19H19FN2O4S2/c1-25-16-7-6-13(20)12-18(16)28(23,24)22-10-8-14(9-11-22)26-19-21-15-4-2-3-5-17(15)27-19/h2-7,12,14H,8-11H2,1H3. The average molecular weight is 423 g/mol. The van der Waals surface area contributed by atoms with Crippen LogP contribution in [0.2, 0.25) is 0 Å². The molecule has 1 aromatic heterocycles. The van der Waals surface area contributed by atoms with E-state index in [1.807, 2.05) is 24.3 Å². The van der Waals surface area contributed by atoms with Gasteiger partial charge in [-0.2, -0.15) is 4.31 Å². The van der Waals surface area contributed by atoms with Crippen molar-refractivity contribution in [3.05, 3.63) is 48.3 Å². The Morgan fingerprint density at radius 3 is 2.64 bits per heavy atom. The van der Waals surface area contributed by atoms with Gasteiger partial charge < -0.3 is 9.47 Å². The molecule has 0 aliphatic carbocycles. The number of hydrogen-bond donors (Lipinski definition) is 0. The van der Waals surface area contributed by atoms with Crippen molar-refractivity contribution in [1.29, 1.82) is 0 Å². The summed E-state index contributed by atoms with van der Waals surface area (Å²) in [6, 6.07) is 11.3. The smallest absolute Gasteiger partial charge is 0.274 e. The average Bonchev–Trinajstić information content (AvgIpc) is 3.10. The summed E-state index contributed by atoms with van der Waals surface area (Å²) in [7, 11) is -2.48. The summed E-state index contributed by atoms with van der Waals surface area (Å²) in [5.41, 5.74) is 0.890. The number of piperidine rings is 1. The molecule has 2 aromatic carbocycles. The van der Waals surface area contributed by atoms with E-state index in [9.17, 15) is 12.8 Å². The fraction of sp³-hybridized carbons (Fsp3) is 0.316. The SMILES string of the molecule is COc1ccc(F)cc1S(=O)(=O)N1CCC(Oc2nc3ccccc3s2)CC1. The predicted molar refractivity (Wildman–Crippen MR) is 105 cm³/mol. The van der Waals surface area contributed by atoms with Crippen molar-refractivity contribution in [3.63, 3.8) is 0 Å². The van der Waals surface area contributed by atoms with Crippen molar-refractivity contribution in [3.8, 4) is 10.9 Å². The minimum absolute atomic E-state index is 0.110. The van der Waals surface area contributed by atoms with Crippen LogP contribution in [0.25, 0.3) is 10.2 Å². The lowest BCUT2D eigenvalue weighted by Gasteiger charge is -2.31. The van der Waals surface area contributed by atoms with E-state index in [4.69, 9.17) is 9.47 Å². The highest BCUT2D eigenvalue weighted by molar-refractivity contribution is 7.89. The molecule has 0 amide bonds. The number of aromatic nitrogens is 1. The minimum atomic E-state index is -3.84. The van der Waals surface area contributed by atoms with Gasteiger partial charge in [0.15, 0.2) is 0 Å². The first-order valence-electron chi connectivity index (χ1n) is 8.83. The number of sulfonamides is 1. The van der Waals surface area contributed by atoms with Gasteiger partial charge in [0.2, 0.25) is 10.0 Å². The van der Waals surface area contributed by atoms with Crippen molar-refractivity contribution >= 4 is 31.6 Å². The normalized spacial score (nSPS) is 16.4. The molecule has 1 saturated heterocycles. The Bertz CT molecular complexity index is 1060. The molecule has 0 saturated carbocycles. The first-order chi connectivity index (χ1) is 13.5. The van der Waals surface area contributed by atoms with Crippen LogP contribution in [0.3, 0.4) is 0 Å². The summed E-state index contributed by atoms with van der Waals surface area (Å²) in [6.45, 7) is 0.578. The van der Waals surface area contributed by atoms with Crippen LogP contribution in [0, 0.1) is 5.82 Å². The van der Waals surface area contributed by atoms with Gasteiger partial charge in [-0.1, -0.05) is 23.5 Å². The number of para-hydroxylation sites is 1.